The quantitative estimate of drug-likeness (QED) is 0.557. The molecule has 5 nitrogen and oxygen atoms in total. The maximum Gasteiger partial charge on any atom is 0.248 e. The van der Waals surface area contributed by atoms with E-state index < -0.39 is 0 Å². The molecule has 0 aliphatic carbocycles. The first-order valence-electron chi connectivity index (χ1n) is 7.86. The Morgan fingerprint density at radius 1 is 1.17 bits per heavy atom. The van der Waals surface area contributed by atoms with Gasteiger partial charge in [-0.05, 0) is 30.7 Å². The van der Waals surface area contributed by atoms with Gasteiger partial charge in [0.05, 0.1) is 18.2 Å². The Morgan fingerprint density at radius 3 is 2.65 bits per heavy atom. The third kappa shape index (κ3) is 4.96. The molecule has 1 atom stereocenters. The number of hydrogen-bond acceptors (Lipinski definition) is 4. The van der Waals surface area contributed by atoms with Crippen LogP contribution < -0.4 is 10.9 Å². The van der Waals surface area contributed by atoms with Crippen molar-refractivity contribution in [3.8, 4) is 5.75 Å². The van der Waals surface area contributed by atoms with Gasteiger partial charge in [0, 0.05) is 11.5 Å². The molecule has 0 radical (unpaired) electrons. The van der Waals surface area contributed by atoms with Crippen molar-refractivity contribution in [2.45, 2.75) is 38.6 Å². The van der Waals surface area contributed by atoms with Crippen molar-refractivity contribution in [3.05, 3.63) is 40.2 Å². The number of aromatic nitrogens is 1. The molecule has 4 N–H and O–H groups in total. The van der Waals surface area contributed by atoms with Crippen molar-refractivity contribution >= 4 is 23.3 Å². The number of aliphatic hydroxyl groups excluding tert-OH is 1. The van der Waals surface area contributed by atoms with Crippen molar-refractivity contribution in [2.24, 2.45) is 0 Å². The highest BCUT2D eigenvalue weighted by Gasteiger charge is 2.15. The van der Waals surface area contributed by atoms with Crippen LogP contribution in [0.1, 0.15) is 44.2 Å². The summed E-state index contributed by atoms with van der Waals surface area (Å²) >= 11 is 0. The van der Waals surface area contributed by atoms with Crippen LogP contribution in [0.4, 0.5) is 0 Å². The fraction of sp³-hybridized carbons (Fsp3) is 0.471. The van der Waals surface area contributed by atoms with Crippen molar-refractivity contribution in [1.82, 2.24) is 10.3 Å². The first kappa shape index (κ1) is 19.5. The number of pyridine rings is 1. The summed E-state index contributed by atoms with van der Waals surface area (Å²) in [7, 11) is 0. The van der Waals surface area contributed by atoms with Crippen LogP contribution in [0, 0.1) is 0 Å². The fourth-order valence-corrected chi connectivity index (χ4v) is 2.66. The number of unbranched alkanes of at least 4 members (excludes halogenated alkanes) is 3. The SMILES string of the molecule is CCCCCCNC(CO)c1ccc(O)c2[nH]c(=O)ccc12.Cl. The van der Waals surface area contributed by atoms with Gasteiger partial charge >= 0.3 is 0 Å². The smallest absolute Gasteiger partial charge is 0.248 e. The molecule has 0 aliphatic rings. The number of aliphatic hydroxyl groups is 1. The second-order valence-corrected chi connectivity index (χ2v) is 5.54. The van der Waals surface area contributed by atoms with Gasteiger partial charge in [-0.15, -0.1) is 12.4 Å². The van der Waals surface area contributed by atoms with E-state index in [4.69, 9.17) is 0 Å². The molecule has 1 aromatic heterocycles. The maximum absolute atomic E-state index is 11.4. The van der Waals surface area contributed by atoms with Crippen molar-refractivity contribution < 1.29 is 10.2 Å². The molecule has 0 bridgehead atoms. The molecule has 23 heavy (non-hydrogen) atoms. The Balaban J connectivity index is 0.00000264. The summed E-state index contributed by atoms with van der Waals surface area (Å²) in [4.78, 5) is 14.1. The van der Waals surface area contributed by atoms with Gasteiger partial charge in [0.1, 0.15) is 5.75 Å². The molecule has 2 rings (SSSR count). The summed E-state index contributed by atoms with van der Waals surface area (Å²) in [6.07, 6.45) is 4.65. The molecule has 128 valence electrons. The van der Waals surface area contributed by atoms with E-state index in [-0.39, 0.29) is 36.4 Å². The maximum atomic E-state index is 11.4. The van der Waals surface area contributed by atoms with Crippen LogP contribution in [0.15, 0.2) is 29.1 Å². The number of fused-ring (bicyclic) bond motifs is 1. The van der Waals surface area contributed by atoms with Crippen molar-refractivity contribution in [2.75, 3.05) is 13.2 Å². The number of H-pyrrole nitrogens is 1. The summed E-state index contributed by atoms with van der Waals surface area (Å²) in [5.74, 6) is 0.0380. The number of hydrogen-bond donors (Lipinski definition) is 4. The van der Waals surface area contributed by atoms with Gasteiger partial charge in [-0.1, -0.05) is 32.3 Å². The van der Waals surface area contributed by atoms with E-state index in [1.807, 2.05) is 0 Å². The number of aromatic hydroxyl groups is 1. The molecule has 0 amide bonds. The molecule has 0 aliphatic heterocycles. The zero-order chi connectivity index (χ0) is 15.9. The Morgan fingerprint density at radius 2 is 1.96 bits per heavy atom. The minimum absolute atomic E-state index is 0. The number of aromatic amines is 1. The average Bonchev–Trinajstić information content (AvgIpc) is 2.52. The number of phenolic OH excluding ortho intramolecular Hbond substituents is 1. The topological polar surface area (TPSA) is 85.3 Å². The Kier molecular flexibility index (Phi) is 8.09. The number of rotatable bonds is 8. The zero-order valence-corrected chi connectivity index (χ0v) is 14.2. The summed E-state index contributed by atoms with van der Waals surface area (Å²) < 4.78 is 0. The van der Waals surface area contributed by atoms with E-state index in [9.17, 15) is 15.0 Å². The first-order valence-corrected chi connectivity index (χ1v) is 7.86. The highest BCUT2D eigenvalue weighted by molar-refractivity contribution is 5.87. The molecule has 0 saturated carbocycles. The molecule has 1 unspecified atom stereocenters. The molecular formula is C17H25ClN2O3. The third-order valence-corrected chi connectivity index (χ3v) is 3.89. The minimum Gasteiger partial charge on any atom is -0.506 e. The monoisotopic (exact) mass is 340 g/mol. The van der Waals surface area contributed by atoms with Crippen molar-refractivity contribution in [1.29, 1.82) is 0 Å². The highest BCUT2D eigenvalue weighted by atomic mass is 35.5. The van der Waals surface area contributed by atoms with Gasteiger partial charge in [-0.3, -0.25) is 4.79 Å². The number of phenols is 1. The lowest BCUT2D eigenvalue weighted by atomic mass is 10.0. The standard InChI is InChI=1S/C17H24N2O3.ClH/c1-2-3-4-5-10-18-14(11-20)12-6-8-15(21)17-13(12)7-9-16(22)19-17;/h6-9,14,18,20-21H,2-5,10-11H2,1H3,(H,19,22);1H. The highest BCUT2D eigenvalue weighted by Crippen LogP contribution is 2.28. The van der Waals surface area contributed by atoms with Crippen LogP contribution in [0.3, 0.4) is 0 Å². The van der Waals surface area contributed by atoms with Gasteiger partial charge in [0.25, 0.3) is 0 Å². The van der Waals surface area contributed by atoms with Gasteiger partial charge in [0.15, 0.2) is 0 Å². The number of nitrogens with one attached hydrogen (secondary N) is 2. The Bertz CT molecular complexity index is 672. The summed E-state index contributed by atoms with van der Waals surface area (Å²) in [5.41, 5.74) is 1.03. The minimum atomic E-state index is -0.256. The predicted molar refractivity (Wildman–Crippen MR) is 95.5 cm³/mol. The Hall–Kier alpha value is -1.56. The summed E-state index contributed by atoms with van der Waals surface area (Å²) in [6.45, 7) is 2.97. The van der Waals surface area contributed by atoms with E-state index in [1.54, 1.807) is 18.2 Å². The molecular weight excluding hydrogens is 316 g/mol. The van der Waals surface area contributed by atoms with E-state index >= 15 is 0 Å². The van der Waals surface area contributed by atoms with Gasteiger partial charge in [0.2, 0.25) is 5.56 Å². The molecule has 2 aromatic rings. The predicted octanol–water partition coefficient (Wildman–Crippen LogP) is 2.86. The second kappa shape index (κ2) is 9.55. The molecule has 1 aromatic carbocycles. The lowest BCUT2D eigenvalue weighted by Crippen LogP contribution is -2.25. The van der Waals surface area contributed by atoms with E-state index in [0.717, 1.165) is 23.9 Å². The van der Waals surface area contributed by atoms with Crippen LogP contribution >= 0.6 is 12.4 Å². The van der Waals surface area contributed by atoms with Gasteiger partial charge in [-0.25, -0.2) is 0 Å². The van der Waals surface area contributed by atoms with Crippen LogP contribution in [-0.2, 0) is 0 Å². The van der Waals surface area contributed by atoms with Gasteiger partial charge in [-0.2, -0.15) is 0 Å². The largest absolute Gasteiger partial charge is 0.506 e. The second-order valence-electron chi connectivity index (χ2n) is 5.54. The fourth-order valence-electron chi connectivity index (χ4n) is 2.66. The van der Waals surface area contributed by atoms with E-state index in [2.05, 4.69) is 17.2 Å². The first-order chi connectivity index (χ1) is 10.7. The summed E-state index contributed by atoms with van der Waals surface area (Å²) in [5, 5.41) is 23.7. The summed E-state index contributed by atoms with van der Waals surface area (Å²) in [6, 6.07) is 6.24. The normalized spacial score (nSPS) is 12.1. The number of benzene rings is 1. The van der Waals surface area contributed by atoms with Crippen LogP contribution in [0.25, 0.3) is 10.9 Å². The molecule has 1 heterocycles. The lowest BCUT2D eigenvalue weighted by molar-refractivity contribution is 0.244. The lowest BCUT2D eigenvalue weighted by Gasteiger charge is -2.19. The van der Waals surface area contributed by atoms with Gasteiger partial charge < -0.3 is 20.5 Å². The van der Waals surface area contributed by atoms with Crippen LogP contribution in [0.2, 0.25) is 0 Å². The molecule has 6 heteroatoms. The molecule has 0 saturated heterocycles. The van der Waals surface area contributed by atoms with Crippen molar-refractivity contribution in [3.63, 3.8) is 0 Å². The van der Waals surface area contributed by atoms with Crippen LogP contribution in [-0.4, -0.2) is 28.3 Å². The zero-order valence-electron chi connectivity index (χ0n) is 13.3. The van der Waals surface area contributed by atoms with Crippen LogP contribution in [0.5, 0.6) is 5.75 Å². The Labute approximate surface area is 142 Å². The third-order valence-electron chi connectivity index (χ3n) is 3.89. The average molecular weight is 341 g/mol. The number of halogens is 1. The molecule has 0 fully saturated rings. The molecule has 0 spiro atoms. The van der Waals surface area contributed by atoms with E-state index in [1.165, 1.54) is 25.3 Å². The van der Waals surface area contributed by atoms with E-state index in [0.29, 0.717) is 5.52 Å².